The van der Waals surface area contributed by atoms with E-state index in [1.165, 1.54) is 29.9 Å². The van der Waals surface area contributed by atoms with Crippen LogP contribution < -0.4 is 4.90 Å². The standard InChI is InChI=1S/C28H33ClN8S/c1-2-23-18-36(28-25(29)15-22(16-32-28)27-30-9-10-31-27)13-14-37(23)24-7-11-35(12-8-24)17-20-3-5-21(6-4-20)26-19-38-34-33-26/h3-6,9-10,15-16,19,23-24H,2,7-8,11-14,17-18H2,1H3,(H,30,31)/t23-/m0/s1. The molecular weight excluding hydrogens is 516 g/mol. The molecule has 1 N–H and O–H groups in total. The van der Waals surface area contributed by atoms with Crippen LogP contribution in [-0.2, 0) is 6.54 Å². The Kier molecular flexibility index (Phi) is 7.69. The topological polar surface area (TPSA) is 77.1 Å². The van der Waals surface area contributed by atoms with Crippen LogP contribution in [0.25, 0.3) is 22.6 Å². The Labute approximate surface area is 232 Å². The molecule has 2 fully saturated rings. The molecule has 0 bridgehead atoms. The van der Waals surface area contributed by atoms with E-state index in [4.69, 9.17) is 16.6 Å². The number of nitrogens with one attached hydrogen (secondary N) is 1. The molecule has 1 aromatic carbocycles. The molecule has 2 saturated heterocycles. The second kappa shape index (κ2) is 11.5. The summed E-state index contributed by atoms with van der Waals surface area (Å²) in [7, 11) is 0. The quantitative estimate of drug-likeness (QED) is 0.340. The zero-order chi connectivity index (χ0) is 25.9. The first kappa shape index (κ1) is 25.4. The van der Waals surface area contributed by atoms with Gasteiger partial charge in [0.2, 0.25) is 0 Å². The maximum atomic E-state index is 6.70. The van der Waals surface area contributed by atoms with Crippen LogP contribution in [0.5, 0.6) is 0 Å². The van der Waals surface area contributed by atoms with Crippen LogP contribution in [0.15, 0.2) is 54.3 Å². The molecule has 4 aromatic rings. The SMILES string of the molecule is CC[C@H]1CN(c2ncc(-c3ncc[nH]3)cc2Cl)CCN1C1CCN(Cc2ccc(-c3csnn3)cc2)CC1. The summed E-state index contributed by atoms with van der Waals surface area (Å²) in [6, 6.07) is 11.9. The average Bonchev–Trinajstić information content (AvgIpc) is 3.69. The first-order chi connectivity index (χ1) is 18.7. The number of piperazine rings is 1. The van der Waals surface area contributed by atoms with Crippen molar-refractivity contribution in [3.8, 4) is 22.6 Å². The predicted molar refractivity (Wildman–Crippen MR) is 153 cm³/mol. The van der Waals surface area contributed by atoms with Gasteiger partial charge in [0, 0.05) is 73.4 Å². The van der Waals surface area contributed by atoms with E-state index < -0.39 is 0 Å². The van der Waals surface area contributed by atoms with Crippen molar-refractivity contribution in [2.75, 3.05) is 37.6 Å². The number of nitrogens with zero attached hydrogens (tertiary/aromatic N) is 7. The number of aromatic amines is 1. The largest absolute Gasteiger partial charge is 0.353 e. The highest BCUT2D eigenvalue weighted by atomic mass is 35.5. The maximum absolute atomic E-state index is 6.70. The van der Waals surface area contributed by atoms with Crippen molar-refractivity contribution in [2.45, 2.75) is 44.8 Å². The fourth-order valence-electron chi connectivity index (χ4n) is 5.86. The van der Waals surface area contributed by atoms with Gasteiger partial charge in [0.05, 0.1) is 5.02 Å². The number of benzene rings is 1. The van der Waals surface area contributed by atoms with Crippen LogP contribution in [-0.4, -0.2) is 79.1 Å². The summed E-state index contributed by atoms with van der Waals surface area (Å²) < 4.78 is 3.97. The molecule has 2 aliphatic heterocycles. The van der Waals surface area contributed by atoms with E-state index in [0.29, 0.717) is 17.1 Å². The molecule has 0 saturated carbocycles. The Morgan fingerprint density at radius 2 is 1.89 bits per heavy atom. The highest BCUT2D eigenvalue weighted by Crippen LogP contribution is 2.31. The lowest BCUT2D eigenvalue weighted by atomic mass is 9.97. The number of rotatable bonds is 7. The number of aromatic nitrogens is 5. The molecule has 6 rings (SSSR count). The summed E-state index contributed by atoms with van der Waals surface area (Å²) in [5, 5.41) is 6.85. The zero-order valence-corrected chi connectivity index (χ0v) is 23.2. The summed E-state index contributed by atoms with van der Waals surface area (Å²) >= 11 is 8.09. The van der Waals surface area contributed by atoms with Gasteiger partial charge < -0.3 is 9.88 Å². The van der Waals surface area contributed by atoms with E-state index in [9.17, 15) is 0 Å². The fourth-order valence-corrected chi connectivity index (χ4v) is 6.61. The molecule has 10 heteroatoms. The highest BCUT2D eigenvalue weighted by Gasteiger charge is 2.34. The third-order valence-electron chi connectivity index (χ3n) is 7.93. The lowest BCUT2D eigenvalue weighted by Crippen LogP contribution is -2.58. The van der Waals surface area contributed by atoms with Crippen molar-refractivity contribution in [2.24, 2.45) is 0 Å². The number of anilines is 1. The third-order valence-corrected chi connectivity index (χ3v) is 8.72. The van der Waals surface area contributed by atoms with E-state index >= 15 is 0 Å². The smallest absolute Gasteiger partial charge is 0.147 e. The summed E-state index contributed by atoms with van der Waals surface area (Å²) in [4.78, 5) is 19.9. The molecule has 3 aromatic heterocycles. The van der Waals surface area contributed by atoms with Crippen molar-refractivity contribution in [1.82, 2.24) is 34.3 Å². The lowest BCUT2D eigenvalue weighted by Gasteiger charge is -2.47. The second-order valence-corrected chi connectivity index (χ2v) is 11.2. The number of hydrogen-bond donors (Lipinski definition) is 1. The van der Waals surface area contributed by atoms with Gasteiger partial charge in [-0.2, -0.15) is 0 Å². The molecular formula is C28H33ClN8S. The van der Waals surface area contributed by atoms with Gasteiger partial charge >= 0.3 is 0 Å². The lowest BCUT2D eigenvalue weighted by molar-refractivity contribution is 0.0610. The number of piperidine rings is 1. The van der Waals surface area contributed by atoms with E-state index in [1.807, 2.05) is 23.8 Å². The van der Waals surface area contributed by atoms with Crippen LogP contribution in [0, 0.1) is 0 Å². The molecule has 198 valence electrons. The fraction of sp³-hybridized carbons (Fsp3) is 0.429. The summed E-state index contributed by atoms with van der Waals surface area (Å²) in [6.07, 6.45) is 8.98. The van der Waals surface area contributed by atoms with Crippen LogP contribution in [0.3, 0.4) is 0 Å². The first-order valence-electron chi connectivity index (χ1n) is 13.4. The Morgan fingerprint density at radius 3 is 2.58 bits per heavy atom. The number of H-pyrrole nitrogens is 1. The van der Waals surface area contributed by atoms with Gasteiger partial charge in [-0.25, -0.2) is 9.97 Å². The minimum atomic E-state index is 0.510. The molecule has 0 amide bonds. The Hall–Kier alpha value is -2.85. The average molecular weight is 549 g/mol. The van der Waals surface area contributed by atoms with E-state index in [-0.39, 0.29) is 0 Å². The summed E-state index contributed by atoms with van der Waals surface area (Å²) in [6.45, 7) is 8.55. The van der Waals surface area contributed by atoms with Crippen LogP contribution >= 0.6 is 23.1 Å². The number of likely N-dealkylation sites (tertiary alicyclic amines) is 1. The molecule has 2 aliphatic rings. The van der Waals surface area contributed by atoms with Crippen LogP contribution in [0.2, 0.25) is 5.02 Å². The number of hydrogen-bond acceptors (Lipinski definition) is 8. The zero-order valence-electron chi connectivity index (χ0n) is 21.6. The van der Waals surface area contributed by atoms with Gasteiger partial charge in [-0.05, 0) is 55.5 Å². The first-order valence-corrected chi connectivity index (χ1v) is 14.6. The van der Waals surface area contributed by atoms with Gasteiger partial charge in [-0.3, -0.25) is 9.80 Å². The van der Waals surface area contributed by atoms with Crippen LogP contribution in [0.4, 0.5) is 5.82 Å². The predicted octanol–water partition coefficient (Wildman–Crippen LogP) is 5.21. The molecule has 0 unspecified atom stereocenters. The number of pyridine rings is 1. The number of halogens is 1. The molecule has 5 heterocycles. The van der Waals surface area contributed by atoms with E-state index in [2.05, 4.69) is 65.4 Å². The summed E-state index contributed by atoms with van der Waals surface area (Å²) in [5.41, 5.74) is 4.36. The molecule has 38 heavy (non-hydrogen) atoms. The number of imidazole rings is 1. The molecule has 8 nitrogen and oxygen atoms in total. The second-order valence-electron chi connectivity index (χ2n) is 10.2. The van der Waals surface area contributed by atoms with E-state index in [0.717, 1.165) is 74.2 Å². The summed E-state index contributed by atoms with van der Waals surface area (Å²) in [5.74, 6) is 1.67. The Balaban J connectivity index is 1.03. The van der Waals surface area contributed by atoms with Crippen molar-refractivity contribution in [3.05, 3.63) is 64.9 Å². The van der Waals surface area contributed by atoms with Crippen molar-refractivity contribution in [3.63, 3.8) is 0 Å². The minimum absolute atomic E-state index is 0.510. The van der Waals surface area contributed by atoms with Crippen molar-refractivity contribution in [1.29, 1.82) is 0 Å². The van der Waals surface area contributed by atoms with Gasteiger partial charge in [-0.1, -0.05) is 47.3 Å². The van der Waals surface area contributed by atoms with Gasteiger partial charge in [0.25, 0.3) is 0 Å². The normalized spacial score (nSPS) is 19.7. The molecule has 1 atom stereocenters. The highest BCUT2D eigenvalue weighted by molar-refractivity contribution is 7.03. The monoisotopic (exact) mass is 548 g/mol. The van der Waals surface area contributed by atoms with Gasteiger partial charge in [-0.15, -0.1) is 5.10 Å². The van der Waals surface area contributed by atoms with Gasteiger partial charge in [0.1, 0.15) is 17.3 Å². The van der Waals surface area contributed by atoms with E-state index in [1.54, 1.807) is 6.20 Å². The Morgan fingerprint density at radius 1 is 1.05 bits per heavy atom. The van der Waals surface area contributed by atoms with Crippen molar-refractivity contribution < 1.29 is 0 Å². The van der Waals surface area contributed by atoms with Gasteiger partial charge in [0.15, 0.2) is 0 Å². The molecule has 0 spiro atoms. The molecule has 0 aliphatic carbocycles. The van der Waals surface area contributed by atoms with Crippen LogP contribution in [0.1, 0.15) is 31.7 Å². The minimum Gasteiger partial charge on any atom is -0.353 e. The maximum Gasteiger partial charge on any atom is 0.147 e. The third kappa shape index (κ3) is 5.47. The Bertz CT molecular complexity index is 1300. The van der Waals surface area contributed by atoms with Crippen molar-refractivity contribution >= 4 is 29.0 Å². The molecule has 0 radical (unpaired) electrons.